The molecule has 0 aliphatic heterocycles. The summed E-state index contributed by atoms with van der Waals surface area (Å²) >= 11 is 0. The van der Waals surface area contributed by atoms with Gasteiger partial charge in [-0.1, -0.05) is 24.3 Å². The molecule has 1 fully saturated rings. The monoisotopic (exact) mass is 421 g/mol. The van der Waals surface area contributed by atoms with E-state index in [1.165, 1.54) is 0 Å². The second kappa shape index (κ2) is 8.94. The molecular weight excluding hydrogens is 394 g/mol. The van der Waals surface area contributed by atoms with Gasteiger partial charge in [-0.2, -0.15) is 0 Å². The van der Waals surface area contributed by atoms with Crippen molar-refractivity contribution in [2.45, 2.75) is 38.4 Å². The standard InChI is InChI=1S/C25H27NO5/c1-4-30-24(27)21-14-18-8-9-19(25(29-3)12-5-13-25)15-22(18)26-23(21)31-16-17-6-10-20(28-2)11-7-17/h6-11,14-15H,4-5,12-13,16H2,1-3H3. The Morgan fingerprint density at radius 3 is 2.45 bits per heavy atom. The Bertz CT molecular complexity index is 1070. The number of benzene rings is 2. The van der Waals surface area contributed by atoms with Crippen LogP contribution in [0.25, 0.3) is 10.9 Å². The van der Waals surface area contributed by atoms with Crippen LogP contribution in [-0.4, -0.2) is 31.8 Å². The fourth-order valence-electron chi connectivity index (χ4n) is 3.88. The van der Waals surface area contributed by atoms with E-state index in [1.807, 2.05) is 36.4 Å². The molecule has 0 spiro atoms. The van der Waals surface area contributed by atoms with Gasteiger partial charge in [0.05, 0.1) is 24.8 Å². The number of hydrogen-bond donors (Lipinski definition) is 0. The highest BCUT2D eigenvalue weighted by atomic mass is 16.5. The van der Waals surface area contributed by atoms with Gasteiger partial charge in [0.15, 0.2) is 0 Å². The van der Waals surface area contributed by atoms with E-state index >= 15 is 0 Å². The highest BCUT2D eigenvalue weighted by Gasteiger charge is 2.39. The minimum atomic E-state index is -0.446. The van der Waals surface area contributed by atoms with Crippen molar-refractivity contribution in [1.82, 2.24) is 4.98 Å². The highest BCUT2D eigenvalue weighted by Crippen LogP contribution is 2.44. The average molecular weight is 421 g/mol. The maximum Gasteiger partial charge on any atom is 0.343 e. The predicted molar refractivity (Wildman–Crippen MR) is 118 cm³/mol. The van der Waals surface area contributed by atoms with E-state index in [2.05, 4.69) is 6.07 Å². The van der Waals surface area contributed by atoms with Gasteiger partial charge in [0, 0.05) is 12.5 Å². The van der Waals surface area contributed by atoms with Crippen LogP contribution in [0.1, 0.15) is 47.7 Å². The van der Waals surface area contributed by atoms with E-state index in [4.69, 9.17) is 23.9 Å². The zero-order valence-electron chi connectivity index (χ0n) is 18.1. The molecule has 0 N–H and O–H groups in total. The number of pyridine rings is 1. The first-order valence-electron chi connectivity index (χ1n) is 10.5. The van der Waals surface area contributed by atoms with Gasteiger partial charge in [-0.15, -0.1) is 0 Å². The normalized spacial score (nSPS) is 14.7. The summed E-state index contributed by atoms with van der Waals surface area (Å²) < 4.78 is 22.2. The first kappa shape index (κ1) is 21.1. The third-order valence-corrected chi connectivity index (χ3v) is 5.89. The summed E-state index contributed by atoms with van der Waals surface area (Å²) in [6.45, 7) is 2.33. The lowest BCUT2D eigenvalue weighted by molar-refractivity contribution is -0.0777. The molecule has 31 heavy (non-hydrogen) atoms. The molecule has 3 aromatic rings. The smallest absolute Gasteiger partial charge is 0.343 e. The number of methoxy groups -OCH3 is 2. The van der Waals surface area contributed by atoms with Crippen LogP contribution in [0.2, 0.25) is 0 Å². The molecule has 1 saturated carbocycles. The Morgan fingerprint density at radius 1 is 1.06 bits per heavy atom. The van der Waals surface area contributed by atoms with Gasteiger partial charge < -0.3 is 18.9 Å². The minimum absolute atomic E-state index is 0.236. The highest BCUT2D eigenvalue weighted by molar-refractivity contribution is 5.96. The Kier molecular flexibility index (Phi) is 6.09. The zero-order chi connectivity index (χ0) is 21.8. The van der Waals surface area contributed by atoms with E-state index in [0.717, 1.165) is 47.0 Å². The largest absolute Gasteiger partial charge is 0.497 e. The number of fused-ring (bicyclic) bond motifs is 1. The Balaban J connectivity index is 1.68. The van der Waals surface area contributed by atoms with Crippen LogP contribution in [-0.2, 0) is 21.7 Å². The summed E-state index contributed by atoms with van der Waals surface area (Å²) in [5, 5.41) is 0.856. The van der Waals surface area contributed by atoms with Crippen molar-refractivity contribution >= 4 is 16.9 Å². The van der Waals surface area contributed by atoms with E-state index in [1.54, 1.807) is 27.2 Å². The number of nitrogens with zero attached hydrogens (tertiary/aromatic N) is 1. The number of esters is 1. The van der Waals surface area contributed by atoms with E-state index in [9.17, 15) is 4.79 Å². The summed E-state index contributed by atoms with van der Waals surface area (Å²) in [5.41, 5.74) is 2.89. The van der Waals surface area contributed by atoms with E-state index < -0.39 is 5.97 Å². The van der Waals surface area contributed by atoms with Crippen molar-refractivity contribution in [1.29, 1.82) is 0 Å². The Hall–Kier alpha value is -3.12. The summed E-state index contributed by atoms with van der Waals surface area (Å²) in [7, 11) is 3.38. The zero-order valence-corrected chi connectivity index (χ0v) is 18.1. The summed E-state index contributed by atoms with van der Waals surface area (Å²) in [6, 6.07) is 15.4. The van der Waals surface area contributed by atoms with Gasteiger partial charge in [-0.3, -0.25) is 0 Å². The van der Waals surface area contributed by atoms with E-state index in [-0.39, 0.29) is 24.7 Å². The molecular formula is C25H27NO5. The average Bonchev–Trinajstić information content (AvgIpc) is 2.77. The van der Waals surface area contributed by atoms with Crippen molar-refractivity contribution in [2.75, 3.05) is 20.8 Å². The lowest BCUT2D eigenvalue weighted by atomic mass is 9.74. The van der Waals surface area contributed by atoms with Gasteiger partial charge in [-0.25, -0.2) is 9.78 Å². The molecule has 1 aliphatic rings. The second-order valence-electron chi connectivity index (χ2n) is 7.66. The van der Waals surface area contributed by atoms with Gasteiger partial charge in [-0.05, 0) is 61.6 Å². The molecule has 1 aliphatic carbocycles. The molecule has 0 unspecified atom stereocenters. The molecule has 6 heteroatoms. The number of ether oxygens (including phenoxy) is 4. The first-order chi connectivity index (χ1) is 15.1. The van der Waals surface area contributed by atoms with Crippen molar-refractivity contribution in [3.8, 4) is 11.6 Å². The number of carbonyl (C=O) groups is 1. The third-order valence-electron chi connectivity index (χ3n) is 5.89. The minimum Gasteiger partial charge on any atom is -0.497 e. The maximum absolute atomic E-state index is 12.6. The fraction of sp³-hybridized carbons (Fsp3) is 0.360. The molecule has 1 aromatic heterocycles. The van der Waals surface area contributed by atoms with Crippen molar-refractivity contribution in [2.24, 2.45) is 0 Å². The molecule has 0 saturated heterocycles. The van der Waals surface area contributed by atoms with Crippen LogP contribution >= 0.6 is 0 Å². The molecule has 2 aromatic carbocycles. The van der Waals surface area contributed by atoms with Crippen molar-refractivity contribution in [3.05, 3.63) is 65.2 Å². The fourth-order valence-corrected chi connectivity index (χ4v) is 3.88. The Morgan fingerprint density at radius 2 is 1.84 bits per heavy atom. The molecule has 1 heterocycles. The van der Waals surface area contributed by atoms with Crippen molar-refractivity contribution in [3.63, 3.8) is 0 Å². The Labute approximate surface area is 182 Å². The van der Waals surface area contributed by atoms with Gasteiger partial charge in [0.2, 0.25) is 5.88 Å². The van der Waals surface area contributed by atoms with Crippen LogP contribution in [0.3, 0.4) is 0 Å². The van der Waals surface area contributed by atoms with Crippen LogP contribution in [0, 0.1) is 0 Å². The summed E-state index contributed by atoms with van der Waals surface area (Å²) in [4.78, 5) is 17.2. The van der Waals surface area contributed by atoms with Crippen molar-refractivity contribution < 1.29 is 23.7 Å². The van der Waals surface area contributed by atoms with Gasteiger partial charge in [0.1, 0.15) is 17.9 Å². The van der Waals surface area contributed by atoms with Crippen LogP contribution in [0.15, 0.2) is 48.5 Å². The number of hydrogen-bond acceptors (Lipinski definition) is 6. The predicted octanol–water partition coefficient (Wildman–Crippen LogP) is 5.02. The molecule has 0 amide bonds. The topological polar surface area (TPSA) is 66.9 Å². The first-order valence-corrected chi connectivity index (χ1v) is 10.5. The molecule has 0 radical (unpaired) electrons. The van der Waals surface area contributed by atoms with Gasteiger partial charge >= 0.3 is 5.97 Å². The van der Waals surface area contributed by atoms with E-state index in [0.29, 0.717) is 5.56 Å². The summed E-state index contributed by atoms with van der Waals surface area (Å²) in [5.74, 6) is 0.590. The second-order valence-corrected chi connectivity index (χ2v) is 7.66. The van der Waals surface area contributed by atoms with Crippen LogP contribution in [0.4, 0.5) is 0 Å². The SMILES string of the molecule is CCOC(=O)c1cc2ccc(C3(OC)CCC3)cc2nc1OCc1ccc(OC)cc1. The summed E-state index contributed by atoms with van der Waals surface area (Å²) in [6.07, 6.45) is 3.14. The molecule has 6 nitrogen and oxygen atoms in total. The van der Waals surface area contributed by atoms with Gasteiger partial charge in [0.25, 0.3) is 0 Å². The lowest BCUT2D eigenvalue weighted by Gasteiger charge is -2.41. The lowest BCUT2D eigenvalue weighted by Crippen LogP contribution is -2.35. The number of rotatable bonds is 8. The molecule has 162 valence electrons. The molecule has 4 rings (SSSR count). The maximum atomic E-state index is 12.6. The quantitative estimate of drug-likeness (QED) is 0.476. The number of aromatic nitrogens is 1. The van der Waals surface area contributed by atoms with Crippen LogP contribution in [0.5, 0.6) is 11.6 Å². The third kappa shape index (κ3) is 4.21. The molecule has 0 atom stereocenters. The number of carbonyl (C=O) groups excluding carboxylic acids is 1. The van der Waals surface area contributed by atoms with Crippen LogP contribution < -0.4 is 9.47 Å². The molecule has 0 bridgehead atoms.